The van der Waals surface area contributed by atoms with Crippen LogP contribution in [0.5, 0.6) is 0 Å². The topological polar surface area (TPSA) is 24.1 Å². The Morgan fingerprint density at radius 2 is 0.882 bits per heavy atom. The second-order valence-corrected chi connectivity index (χ2v) is 10.9. The van der Waals surface area contributed by atoms with Gasteiger partial charge in [-0.1, -0.05) is 90.1 Å². The lowest BCUT2D eigenvalue weighted by molar-refractivity contribution is -0.137. The van der Waals surface area contributed by atoms with Crippen molar-refractivity contribution in [3.8, 4) is 0 Å². The van der Waals surface area contributed by atoms with Gasteiger partial charge in [-0.25, -0.2) is 0 Å². The van der Waals surface area contributed by atoms with Crippen molar-refractivity contribution in [2.24, 2.45) is 0 Å². The number of alkyl halides is 3. The predicted octanol–water partition coefficient (Wildman–Crippen LogP) is 8.52. The summed E-state index contributed by atoms with van der Waals surface area (Å²) in [5, 5.41) is 6.31. The first-order valence-electron chi connectivity index (χ1n) is 11.6. The van der Waals surface area contributed by atoms with Gasteiger partial charge in [-0.05, 0) is 51.3 Å². The van der Waals surface area contributed by atoms with Gasteiger partial charge in [0.15, 0.2) is 0 Å². The fourth-order valence-corrected chi connectivity index (χ4v) is 3.65. The van der Waals surface area contributed by atoms with Crippen molar-refractivity contribution in [1.82, 2.24) is 0 Å². The fraction of sp³-hybridized carbons (Fsp3) is 0.379. The van der Waals surface area contributed by atoms with Crippen molar-refractivity contribution < 1.29 is 13.2 Å². The van der Waals surface area contributed by atoms with Crippen LogP contribution in [0.25, 0.3) is 0 Å². The summed E-state index contributed by atoms with van der Waals surface area (Å²) in [6.45, 7) is 13.8. The highest BCUT2D eigenvalue weighted by Gasteiger charge is 2.31. The summed E-state index contributed by atoms with van der Waals surface area (Å²) in [4.78, 5) is 0. The highest BCUT2D eigenvalue weighted by molar-refractivity contribution is 5.60. The van der Waals surface area contributed by atoms with Crippen LogP contribution in [0.2, 0.25) is 0 Å². The van der Waals surface area contributed by atoms with Crippen molar-refractivity contribution in [1.29, 1.82) is 0 Å². The van der Waals surface area contributed by atoms with E-state index >= 15 is 0 Å². The summed E-state index contributed by atoms with van der Waals surface area (Å²) >= 11 is 0. The van der Waals surface area contributed by atoms with Gasteiger partial charge in [0.05, 0.1) is 5.56 Å². The van der Waals surface area contributed by atoms with E-state index in [4.69, 9.17) is 0 Å². The zero-order chi connectivity index (χ0) is 25.1. The smallest absolute Gasteiger partial charge is 0.381 e. The molecule has 0 aliphatic carbocycles. The molecule has 0 spiro atoms. The number of benzene rings is 3. The SMILES string of the molecule is CC(C)(C)c1ccc(CNc2cc(NCc3ccc(C(C)(C)C)cc3)cc(C(F)(F)F)c2)cc1. The Labute approximate surface area is 201 Å². The van der Waals surface area contributed by atoms with Gasteiger partial charge in [0.2, 0.25) is 0 Å². The predicted molar refractivity (Wildman–Crippen MR) is 136 cm³/mol. The zero-order valence-corrected chi connectivity index (χ0v) is 20.9. The Bertz CT molecular complexity index is 1000. The number of nitrogens with one attached hydrogen (secondary N) is 2. The molecule has 3 aromatic carbocycles. The summed E-state index contributed by atoms with van der Waals surface area (Å²) in [6, 6.07) is 20.4. The van der Waals surface area contributed by atoms with E-state index in [2.05, 4.69) is 76.4 Å². The van der Waals surface area contributed by atoms with Gasteiger partial charge in [-0.3, -0.25) is 0 Å². The van der Waals surface area contributed by atoms with E-state index in [0.29, 0.717) is 24.5 Å². The summed E-state index contributed by atoms with van der Waals surface area (Å²) in [5.74, 6) is 0. The molecule has 0 radical (unpaired) electrons. The lowest BCUT2D eigenvalue weighted by Crippen LogP contribution is -2.11. The Hall–Kier alpha value is -2.95. The Balaban J connectivity index is 1.73. The molecule has 0 aliphatic rings. The fourth-order valence-electron chi connectivity index (χ4n) is 3.65. The molecule has 0 bridgehead atoms. The monoisotopic (exact) mass is 468 g/mol. The highest BCUT2D eigenvalue weighted by Crippen LogP contribution is 2.34. The van der Waals surface area contributed by atoms with Crippen LogP contribution >= 0.6 is 0 Å². The third kappa shape index (κ3) is 7.02. The molecule has 5 heteroatoms. The first-order chi connectivity index (χ1) is 15.7. The lowest BCUT2D eigenvalue weighted by Gasteiger charge is -2.20. The summed E-state index contributed by atoms with van der Waals surface area (Å²) in [6.07, 6.45) is -4.42. The Morgan fingerprint density at radius 3 is 1.18 bits per heavy atom. The van der Waals surface area contributed by atoms with Crippen molar-refractivity contribution >= 4 is 11.4 Å². The van der Waals surface area contributed by atoms with Gasteiger partial charge in [-0.15, -0.1) is 0 Å². The van der Waals surface area contributed by atoms with E-state index in [1.807, 2.05) is 24.3 Å². The number of hydrogen-bond acceptors (Lipinski definition) is 2. The molecule has 0 atom stereocenters. The van der Waals surface area contributed by atoms with Gasteiger partial charge in [0.25, 0.3) is 0 Å². The molecule has 0 fully saturated rings. The van der Waals surface area contributed by atoms with E-state index in [-0.39, 0.29) is 10.8 Å². The van der Waals surface area contributed by atoms with E-state index in [9.17, 15) is 13.2 Å². The van der Waals surface area contributed by atoms with E-state index < -0.39 is 11.7 Å². The molecule has 2 N–H and O–H groups in total. The van der Waals surface area contributed by atoms with E-state index in [1.165, 1.54) is 11.1 Å². The molecule has 0 unspecified atom stereocenters. The zero-order valence-electron chi connectivity index (χ0n) is 20.9. The largest absolute Gasteiger partial charge is 0.416 e. The second-order valence-electron chi connectivity index (χ2n) is 10.9. The summed E-state index contributed by atoms with van der Waals surface area (Å²) < 4.78 is 40.6. The molecule has 0 saturated carbocycles. The van der Waals surface area contributed by atoms with Crippen LogP contribution in [-0.4, -0.2) is 0 Å². The molecule has 182 valence electrons. The molecular formula is C29H35F3N2. The van der Waals surface area contributed by atoms with E-state index in [1.54, 1.807) is 6.07 Å². The Morgan fingerprint density at radius 1 is 0.529 bits per heavy atom. The molecule has 2 nitrogen and oxygen atoms in total. The van der Waals surface area contributed by atoms with Crippen LogP contribution in [-0.2, 0) is 30.1 Å². The maximum absolute atomic E-state index is 13.5. The average molecular weight is 469 g/mol. The maximum atomic E-state index is 13.5. The second kappa shape index (κ2) is 9.73. The summed E-state index contributed by atoms with van der Waals surface area (Å²) in [5.41, 5.74) is 4.76. The lowest BCUT2D eigenvalue weighted by atomic mass is 9.87. The normalized spacial score (nSPS) is 12.5. The van der Waals surface area contributed by atoms with Crippen LogP contribution < -0.4 is 10.6 Å². The minimum Gasteiger partial charge on any atom is -0.381 e. The van der Waals surface area contributed by atoms with Crippen molar-refractivity contribution in [3.05, 3.63) is 94.5 Å². The minimum atomic E-state index is -4.42. The van der Waals surface area contributed by atoms with Gasteiger partial charge < -0.3 is 10.6 Å². The van der Waals surface area contributed by atoms with Gasteiger partial charge in [0.1, 0.15) is 0 Å². The quantitative estimate of drug-likeness (QED) is 0.379. The Kier molecular flexibility index (Phi) is 7.35. The molecule has 0 saturated heterocycles. The number of anilines is 2. The highest BCUT2D eigenvalue weighted by atomic mass is 19.4. The van der Waals surface area contributed by atoms with Crippen molar-refractivity contribution in [2.75, 3.05) is 10.6 Å². The number of rotatable bonds is 6. The molecule has 0 heterocycles. The third-order valence-corrected chi connectivity index (χ3v) is 5.89. The van der Waals surface area contributed by atoms with Crippen molar-refractivity contribution in [2.45, 2.75) is 71.6 Å². The number of hydrogen-bond donors (Lipinski definition) is 2. The van der Waals surface area contributed by atoms with Gasteiger partial charge in [0, 0.05) is 24.5 Å². The van der Waals surface area contributed by atoms with Crippen LogP contribution in [0.15, 0.2) is 66.7 Å². The molecular weight excluding hydrogens is 433 g/mol. The van der Waals surface area contributed by atoms with Crippen LogP contribution in [0.4, 0.5) is 24.5 Å². The summed E-state index contributed by atoms with van der Waals surface area (Å²) in [7, 11) is 0. The maximum Gasteiger partial charge on any atom is 0.416 e. The number of halogens is 3. The molecule has 3 aromatic rings. The first kappa shape index (κ1) is 25.7. The molecule has 3 rings (SSSR count). The molecule has 34 heavy (non-hydrogen) atoms. The third-order valence-electron chi connectivity index (χ3n) is 5.89. The van der Waals surface area contributed by atoms with Crippen LogP contribution in [0.1, 0.15) is 69.4 Å². The van der Waals surface area contributed by atoms with Gasteiger partial charge >= 0.3 is 6.18 Å². The molecule has 0 aliphatic heterocycles. The average Bonchev–Trinajstić information content (AvgIpc) is 2.75. The minimum absolute atomic E-state index is 0.0562. The van der Waals surface area contributed by atoms with Crippen molar-refractivity contribution in [3.63, 3.8) is 0 Å². The molecule has 0 amide bonds. The van der Waals surface area contributed by atoms with Gasteiger partial charge in [-0.2, -0.15) is 13.2 Å². The van der Waals surface area contributed by atoms with Crippen LogP contribution in [0, 0.1) is 0 Å². The van der Waals surface area contributed by atoms with Crippen LogP contribution in [0.3, 0.4) is 0 Å². The van der Waals surface area contributed by atoms with E-state index in [0.717, 1.165) is 23.3 Å². The molecule has 0 aromatic heterocycles. The standard InChI is InChI=1S/C29H35F3N2/c1-27(2,3)22-11-7-20(8-12-22)18-33-25-15-24(29(30,31)32)16-26(17-25)34-19-21-9-13-23(14-10-21)28(4,5)6/h7-17,33-34H,18-19H2,1-6H3. The first-order valence-corrected chi connectivity index (χ1v) is 11.6.